The van der Waals surface area contributed by atoms with Crippen LogP contribution in [0.4, 0.5) is 10.5 Å². The molecule has 0 unspecified atom stereocenters. The molecule has 2 N–H and O–H groups in total. The molecule has 2 amide bonds. The fraction of sp³-hybridized carbons (Fsp3) is 0.300. The second kappa shape index (κ2) is 4.54. The number of methoxy groups -OCH3 is 2. The Morgan fingerprint density at radius 3 is 2.47 bits per heavy atom. The van der Waals surface area contributed by atoms with Gasteiger partial charge in [-0.15, -0.1) is 0 Å². The number of benzene rings is 1. The summed E-state index contributed by atoms with van der Waals surface area (Å²) in [7, 11) is 4.66. The first-order chi connectivity index (χ1) is 7.10. The summed E-state index contributed by atoms with van der Waals surface area (Å²) < 4.78 is 10.2. The van der Waals surface area contributed by atoms with Crippen molar-refractivity contribution in [3.63, 3.8) is 0 Å². The third kappa shape index (κ3) is 2.31. The predicted octanol–water partition coefficient (Wildman–Crippen LogP) is 1.22. The first kappa shape index (κ1) is 11.2. The van der Waals surface area contributed by atoms with E-state index in [1.165, 1.54) is 12.0 Å². The van der Waals surface area contributed by atoms with Gasteiger partial charge in [0.05, 0.1) is 19.9 Å². The van der Waals surface area contributed by atoms with Gasteiger partial charge in [-0.1, -0.05) is 0 Å². The van der Waals surface area contributed by atoms with Gasteiger partial charge in [0.15, 0.2) is 0 Å². The Hall–Kier alpha value is -1.91. The minimum atomic E-state index is -0.543. The van der Waals surface area contributed by atoms with E-state index >= 15 is 0 Å². The molecule has 0 fully saturated rings. The van der Waals surface area contributed by atoms with Crippen LogP contribution in [0, 0.1) is 0 Å². The van der Waals surface area contributed by atoms with Crippen LogP contribution in [-0.4, -0.2) is 27.3 Å². The number of ether oxygens (including phenoxy) is 2. The van der Waals surface area contributed by atoms with Gasteiger partial charge in [-0.25, -0.2) is 4.79 Å². The van der Waals surface area contributed by atoms with E-state index in [0.29, 0.717) is 17.2 Å². The van der Waals surface area contributed by atoms with Crippen LogP contribution in [0.3, 0.4) is 0 Å². The smallest absolute Gasteiger partial charge is 0.319 e. The van der Waals surface area contributed by atoms with Gasteiger partial charge < -0.3 is 15.2 Å². The van der Waals surface area contributed by atoms with Crippen molar-refractivity contribution in [3.8, 4) is 11.5 Å². The number of primary amides is 1. The molecular formula is C10H14N2O3. The Kier molecular flexibility index (Phi) is 3.38. The Morgan fingerprint density at radius 1 is 1.33 bits per heavy atom. The highest BCUT2D eigenvalue weighted by atomic mass is 16.5. The molecule has 5 heteroatoms. The third-order valence-electron chi connectivity index (χ3n) is 2.08. The molecule has 5 nitrogen and oxygen atoms in total. The normalized spacial score (nSPS) is 9.53. The first-order valence-corrected chi connectivity index (χ1v) is 4.35. The van der Waals surface area contributed by atoms with E-state index in [0.717, 1.165) is 0 Å². The van der Waals surface area contributed by atoms with Crippen LogP contribution in [0.25, 0.3) is 0 Å². The molecule has 0 saturated heterocycles. The average Bonchev–Trinajstić information content (AvgIpc) is 2.27. The maximum atomic E-state index is 11.0. The molecule has 0 radical (unpaired) electrons. The molecule has 0 spiro atoms. The standard InChI is InChI=1S/C10H14N2O3/c1-12(10(11)13)8-5-4-7(14-2)6-9(8)15-3/h4-6H,1-3H3,(H2,11,13). The van der Waals surface area contributed by atoms with Crippen molar-refractivity contribution in [2.45, 2.75) is 0 Å². The van der Waals surface area contributed by atoms with Crippen LogP contribution >= 0.6 is 0 Å². The van der Waals surface area contributed by atoms with Crippen LogP contribution in [0.1, 0.15) is 0 Å². The van der Waals surface area contributed by atoms with Crippen LogP contribution in [0.15, 0.2) is 18.2 Å². The third-order valence-corrected chi connectivity index (χ3v) is 2.08. The van der Waals surface area contributed by atoms with Crippen molar-refractivity contribution in [1.29, 1.82) is 0 Å². The van der Waals surface area contributed by atoms with Crippen molar-refractivity contribution < 1.29 is 14.3 Å². The van der Waals surface area contributed by atoms with E-state index in [4.69, 9.17) is 15.2 Å². The van der Waals surface area contributed by atoms with Crippen molar-refractivity contribution in [2.75, 3.05) is 26.2 Å². The Balaban J connectivity index is 3.12. The zero-order valence-electron chi connectivity index (χ0n) is 8.98. The summed E-state index contributed by atoms with van der Waals surface area (Å²) in [5, 5.41) is 0. The molecule has 0 heterocycles. The number of amides is 2. The monoisotopic (exact) mass is 210 g/mol. The molecule has 0 bridgehead atoms. The van der Waals surface area contributed by atoms with Gasteiger partial charge in [0.1, 0.15) is 11.5 Å². The minimum Gasteiger partial charge on any atom is -0.497 e. The number of urea groups is 1. The lowest BCUT2D eigenvalue weighted by molar-refractivity contribution is 0.255. The van der Waals surface area contributed by atoms with Gasteiger partial charge in [0.2, 0.25) is 0 Å². The molecule has 0 aliphatic heterocycles. The number of anilines is 1. The van der Waals surface area contributed by atoms with Crippen LogP contribution in [-0.2, 0) is 0 Å². The Bertz CT molecular complexity index is 366. The number of rotatable bonds is 3. The molecule has 0 aromatic heterocycles. The van der Waals surface area contributed by atoms with E-state index in [2.05, 4.69) is 0 Å². The van der Waals surface area contributed by atoms with Gasteiger partial charge in [0.25, 0.3) is 0 Å². The van der Waals surface area contributed by atoms with E-state index in [9.17, 15) is 4.79 Å². The summed E-state index contributed by atoms with van der Waals surface area (Å²) in [6.45, 7) is 0. The van der Waals surface area contributed by atoms with Gasteiger partial charge in [-0.2, -0.15) is 0 Å². The summed E-state index contributed by atoms with van der Waals surface area (Å²) in [5.74, 6) is 1.20. The SMILES string of the molecule is COc1ccc(N(C)C(N)=O)c(OC)c1. The summed E-state index contributed by atoms with van der Waals surface area (Å²) >= 11 is 0. The molecule has 0 aliphatic rings. The summed E-state index contributed by atoms with van der Waals surface area (Å²) in [5.41, 5.74) is 5.76. The highest BCUT2D eigenvalue weighted by Crippen LogP contribution is 2.31. The second-order valence-electron chi connectivity index (χ2n) is 2.94. The summed E-state index contributed by atoms with van der Waals surface area (Å²) in [6, 6.07) is 4.59. The molecule has 15 heavy (non-hydrogen) atoms. The van der Waals surface area contributed by atoms with Gasteiger partial charge in [-0.05, 0) is 12.1 Å². The van der Waals surface area contributed by atoms with E-state index in [1.807, 2.05) is 0 Å². The number of hydrogen-bond donors (Lipinski definition) is 1. The average molecular weight is 210 g/mol. The number of carbonyl (C=O) groups excluding carboxylic acids is 1. The van der Waals surface area contributed by atoms with Crippen LogP contribution in [0.2, 0.25) is 0 Å². The number of nitrogens with two attached hydrogens (primary N) is 1. The largest absolute Gasteiger partial charge is 0.497 e. The van der Waals surface area contributed by atoms with E-state index in [1.54, 1.807) is 32.4 Å². The topological polar surface area (TPSA) is 64.8 Å². The van der Waals surface area contributed by atoms with Crippen molar-refractivity contribution in [1.82, 2.24) is 0 Å². The fourth-order valence-corrected chi connectivity index (χ4v) is 1.18. The van der Waals surface area contributed by atoms with Crippen molar-refractivity contribution in [2.24, 2.45) is 5.73 Å². The molecular weight excluding hydrogens is 196 g/mol. The van der Waals surface area contributed by atoms with Crippen LogP contribution < -0.4 is 20.1 Å². The van der Waals surface area contributed by atoms with E-state index in [-0.39, 0.29) is 0 Å². The quantitative estimate of drug-likeness (QED) is 0.815. The summed E-state index contributed by atoms with van der Waals surface area (Å²) in [4.78, 5) is 12.3. The lowest BCUT2D eigenvalue weighted by Crippen LogP contribution is -2.32. The molecule has 1 aromatic carbocycles. The lowest BCUT2D eigenvalue weighted by atomic mass is 10.2. The molecule has 0 aliphatic carbocycles. The Morgan fingerprint density at radius 2 is 2.00 bits per heavy atom. The van der Waals surface area contributed by atoms with Gasteiger partial charge >= 0.3 is 6.03 Å². The van der Waals surface area contributed by atoms with Crippen molar-refractivity contribution in [3.05, 3.63) is 18.2 Å². The maximum absolute atomic E-state index is 11.0. The van der Waals surface area contributed by atoms with Crippen molar-refractivity contribution >= 4 is 11.7 Å². The van der Waals surface area contributed by atoms with Gasteiger partial charge in [0, 0.05) is 13.1 Å². The van der Waals surface area contributed by atoms with Gasteiger partial charge in [-0.3, -0.25) is 4.90 Å². The second-order valence-corrected chi connectivity index (χ2v) is 2.94. The lowest BCUT2D eigenvalue weighted by Gasteiger charge is -2.18. The van der Waals surface area contributed by atoms with Crippen LogP contribution in [0.5, 0.6) is 11.5 Å². The number of hydrogen-bond acceptors (Lipinski definition) is 3. The molecule has 0 saturated carbocycles. The fourth-order valence-electron chi connectivity index (χ4n) is 1.18. The minimum absolute atomic E-state index is 0.538. The molecule has 1 aromatic rings. The molecule has 82 valence electrons. The maximum Gasteiger partial charge on any atom is 0.319 e. The Labute approximate surface area is 88.4 Å². The highest BCUT2D eigenvalue weighted by Gasteiger charge is 2.12. The number of nitrogens with zero attached hydrogens (tertiary/aromatic N) is 1. The molecule has 1 rings (SSSR count). The highest BCUT2D eigenvalue weighted by molar-refractivity contribution is 5.91. The zero-order chi connectivity index (χ0) is 11.4. The predicted molar refractivity (Wildman–Crippen MR) is 57.5 cm³/mol. The number of carbonyl (C=O) groups is 1. The molecule has 0 atom stereocenters. The van der Waals surface area contributed by atoms with E-state index < -0.39 is 6.03 Å². The summed E-state index contributed by atoms with van der Waals surface area (Å²) in [6.07, 6.45) is 0. The zero-order valence-corrected chi connectivity index (χ0v) is 8.98. The first-order valence-electron chi connectivity index (χ1n) is 4.35.